The standard InChI is InChI=1S/C15H19NO5/c1-10-9-21-11(8-17)7-16(10)15(18)12-3-2-4-13-14(12)20-6-5-19-13/h2-4,10-11,17H,5-9H2,1H3. The molecule has 1 aromatic carbocycles. The molecule has 1 aromatic rings. The number of para-hydroxylation sites is 1. The van der Waals surface area contributed by atoms with Crippen LogP contribution < -0.4 is 9.47 Å². The number of carbonyl (C=O) groups excluding carboxylic acids is 1. The van der Waals surface area contributed by atoms with Gasteiger partial charge in [-0.1, -0.05) is 6.07 Å². The third-order valence-electron chi connectivity index (χ3n) is 3.77. The van der Waals surface area contributed by atoms with Crippen LogP contribution in [0.5, 0.6) is 11.5 Å². The molecule has 6 heteroatoms. The highest BCUT2D eigenvalue weighted by atomic mass is 16.6. The van der Waals surface area contributed by atoms with Gasteiger partial charge in [0.2, 0.25) is 0 Å². The van der Waals surface area contributed by atoms with E-state index in [0.29, 0.717) is 43.4 Å². The quantitative estimate of drug-likeness (QED) is 0.868. The van der Waals surface area contributed by atoms with Crippen molar-refractivity contribution in [1.29, 1.82) is 0 Å². The highest BCUT2D eigenvalue weighted by Crippen LogP contribution is 2.34. The lowest BCUT2D eigenvalue weighted by Gasteiger charge is -2.37. The Bertz CT molecular complexity index is 533. The number of nitrogens with zero attached hydrogens (tertiary/aromatic N) is 1. The van der Waals surface area contributed by atoms with Gasteiger partial charge < -0.3 is 24.2 Å². The summed E-state index contributed by atoms with van der Waals surface area (Å²) in [4.78, 5) is 14.5. The first-order valence-electron chi connectivity index (χ1n) is 7.12. The molecule has 0 radical (unpaired) electrons. The lowest BCUT2D eigenvalue weighted by Crippen LogP contribution is -2.52. The van der Waals surface area contributed by atoms with E-state index in [-0.39, 0.29) is 24.7 Å². The maximum atomic E-state index is 12.8. The van der Waals surface area contributed by atoms with Gasteiger partial charge in [0.15, 0.2) is 11.5 Å². The molecule has 2 aliphatic rings. The van der Waals surface area contributed by atoms with Gasteiger partial charge in [0.1, 0.15) is 13.2 Å². The predicted octanol–water partition coefficient (Wildman–Crippen LogP) is 0.680. The summed E-state index contributed by atoms with van der Waals surface area (Å²) in [5.41, 5.74) is 0.498. The number of aliphatic hydroxyl groups excluding tert-OH is 1. The molecule has 0 saturated carbocycles. The number of fused-ring (bicyclic) bond motifs is 1. The number of aliphatic hydroxyl groups is 1. The van der Waals surface area contributed by atoms with Crippen molar-refractivity contribution in [3.63, 3.8) is 0 Å². The van der Waals surface area contributed by atoms with Crippen LogP contribution in [0.25, 0.3) is 0 Å². The van der Waals surface area contributed by atoms with E-state index in [4.69, 9.17) is 14.2 Å². The van der Waals surface area contributed by atoms with Gasteiger partial charge >= 0.3 is 0 Å². The minimum atomic E-state index is -0.332. The van der Waals surface area contributed by atoms with Gasteiger partial charge in [-0.05, 0) is 19.1 Å². The Morgan fingerprint density at radius 1 is 1.38 bits per heavy atom. The van der Waals surface area contributed by atoms with Gasteiger partial charge in [0, 0.05) is 6.54 Å². The maximum absolute atomic E-state index is 12.8. The number of benzene rings is 1. The molecule has 21 heavy (non-hydrogen) atoms. The van der Waals surface area contributed by atoms with Crippen molar-refractivity contribution >= 4 is 5.91 Å². The fourth-order valence-corrected chi connectivity index (χ4v) is 2.61. The van der Waals surface area contributed by atoms with Crippen molar-refractivity contribution < 1.29 is 24.1 Å². The molecule has 114 valence electrons. The molecule has 0 spiro atoms. The van der Waals surface area contributed by atoms with Crippen LogP contribution in [0.3, 0.4) is 0 Å². The van der Waals surface area contributed by atoms with Crippen molar-refractivity contribution in [1.82, 2.24) is 4.90 Å². The zero-order valence-electron chi connectivity index (χ0n) is 11.9. The van der Waals surface area contributed by atoms with Crippen LogP contribution in [0.4, 0.5) is 0 Å². The zero-order chi connectivity index (χ0) is 14.8. The normalized spacial score (nSPS) is 24.8. The van der Waals surface area contributed by atoms with Gasteiger partial charge in [-0.25, -0.2) is 0 Å². The highest BCUT2D eigenvalue weighted by Gasteiger charge is 2.32. The van der Waals surface area contributed by atoms with Crippen molar-refractivity contribution in [2.24, 2.45) is 0 Å². The summed E-state index contributed by atoms with van der Waals surface area (Å²) in [6.45, 7) is 3.56. The van der Waals surface area contributed by atoms with E-state index in [0.717, 1.165) is 0 Å². The lowest BCUT2D eigenvalue weighted by atomic mass is 10.1. The summed E-state index contributed by atoms with van der Waals surface area (Å²) < 4.78 is 16.6. The summed E-state index contributed by atoms with van der Waals surface area (Å²) in [6.07, 6.45) is -0.332. The van der Waals surface area contributed by atoms with Crippen molar-refractivity contribution in [3.8, 4) is 11.5 Å². The molecule has 3 rings (SSSR count). The number of morpholine rings is 1. The third-order valence-corrected chi connectivity index (χ3v) is 3.77. The number of carbonyl (C=O) groups is 1. The van der Waals surface area contributed by atoms with Gasteiger partial charge in [-0.2, -0.15) is 0 Å². The summed E-state index contributed by atoms with van der Waals surface area (Å²) in [5, 5.41) is 9.23. The first kappa shape index (κ1) is 14.2. The van der Waals surface area contributed by atoms with E-state index >= 15 is 0 Å². The summed E-state index contributed by atoms with van der Waals surface area (Å²) in [6, 6.07) is 5.28. The molecule has 2 heterocycles. The van der Waals surface area contributed by atoms with Gasteiger partial charge in [0.25, 0.3) is 5.91 Å². The molecular formula is C15H19NO5. The van der Waals surface area contributed by atoms with E-state index in [2.05, 4.69) is 0 Å². The van der Waals surface area contributed by atoms with Crippen LogP contribution in [-0.4, -0.2) is 61.0 Å². The molecule has 6 nitrogen and oxygen atoms in total. The van der Waals surface area contributed by atoms with E-state index in [1.807, 2.05) is 6.92 Å². The van der Waals surface area contributed by atoms with Crippen LogP contribution in [0.15, 0.2) is 18.2 Å². The number of hydrogen-bond donors (Lipinski definition) is 1. The zero-order valence-corrected chi connectivity index (χ0v) is 11.9. The summed E-state index contributed by atoms with van der Waals surface area (Å²) in [5.74, 6) is 0.992. The van der Waals surface area contributed by atoms with Crippen LogP contribution >= 0.6 is 0 Å². The summed E-state index contributed by atoms with van der Waals surface area (Å²) >= 11 is 0. The van der Waals surface area contributed by atoms with Gasteiger partial charge in [0.05, 0.1) is 30.9 Å². The van der Waals surface area contributed by atoms with E-state index < -0.39 is 0 Å². The Morgan fingerprint density at radius 3 is 3.00 bits per heavy atom. The number of rotatable bonds is 2. The smallest absolute Gasteiger partial charge is 0.258 e. The maximum Gasteiger partial charge on any atom is 0.258 e. The SMILES string of the molecule is CC1COC(CO)CN1C(=O)c1cccc2c1OCCO2. The largest absolute Gasteiger partial charge is 0.486 e. The first-order chi connectivity index (χ1) is 10.2. The van der Waals surface area contributed by atoms with Crippen molar-refractivity contribution in [2.75, 3.05) is 33.0 Å². The highest BCUT2D eigenvalue weighted by molar-refractivity contribution is 5.98. The molecule has 1 fully saturated rings. The fraction of sp³-hybridized carbons (Fsp3) is 0.533. The average Bonchev–Trinajstić information content (AvgIpc) is 2.54. The molecule has 2 aliphatic heterocycles. The summed E-state index contributed by atoms with van der Waals surface area (Å²) in [7, 11) is 0. The monoisotopic (exact) mass is 293 g/mol. The molecule has 2 unspecified atom stereocenters. The second-order valence-electron chi connectivity index (χ2n) is 5.27. The minimum Gasteiger partial charge on any atom is -0.486 e. The topological polar surface area (TPSA) is 68.2 Å². The first-order valence-corrected chi connectivity index (χ1v) is 7.12. The number of amides is 1. The Labute approximate surface area is 123 Å². The Balaban J connectivity index is 1.87. The second kappa shape index (κ2) is 5.91. The van der Waals surface area contributed by atoms with E-state index in [1.165, 1.54) is 0 Å². The van der Waals surface area contributed by atoms with Crippen molar-refractivity contribution in [2.45, 2.75) is 19.1 Å². The molecule has 1 N–H and O–H groups in total. The lowest BCUT2D eigenvalue weighted by molar-refractivity contribution is -0.0668. The second-order valence-corrected chi connectivity index (χ2v) is 5.27. The van der Waals surface area contributed by atoms with Crippen LogP contribution in [-0.2, 0) is 4.74 Å². The van der Waals surface area contributed by atoms with Crippen molar-refractivity contribution in [3.05, 3.63) is 23.8 Å². The van der Waals surface area contributed by atoms with Crippen LogP contribution in [0, 0.1) is 0 Å². The Kier molecular flexibility index (Phi) is 3.98. The average molecular weight is 293 g/mol. The molecular weight excluding hydrogens is 274 g/mol. The number of hydrogen-bond acceptors (Lipinski definition) is 5. The Hall–Kier alpha value is -1.79. The van der Waals surface area contributed by atoms with Crippen LogP contribution in [0.1, 0.15) is 17.3 Å². The Morgan fingerprint density at radius 2 is 2.19 bits per heavy atom. The van der Waals surface area contributed by atoms with E-state index in [1.54, 1.807) is 23.1 Å². The predicted molar refractivity (Wildman–Crippen MR) is 74.8 cm³/mol. The fourth-order valence-electron chi connectivity index (χ4n) is 2.61. The molecule has 2 atom stereocenters. The molecule has 1 amide bonds. The third kappa shape index (κ3) is 2.69. The minimum absolute atomic E-state index is 0.0411. The van der Waals surface area contributed by atoms with E-state index in [9.17, 15) is 9.90 Å². The van der Waals surface area contributed by atoms with Gasteiger partial charge in [-0.3, -0.25) is 4.79 Å². The molecule has 0 aromatic heterocycles. The molecule has 0 aliphatic carbocycles. The number of ether oxygens (including phenoxy) is 3. The molecule has 0 bridgehead atoms. The molecule has 1 saturated heterocycles. The van der Waals surface area contributed by atoms with Gasteiger partial charge in [-0.15, -0.1) is 0 Å². The van der Waals surface area contributed by atoms with Crippen LogP contribution in [0.2, 0.25) is 0 Å².